The van der Waals surface area contributed by atoms with Gasteiger partial charge >= 0.3 is 5.97 Å². The molecule has 0 atom stereocenters. The number of nitrogens with zero attached hydrogens (tertiary/aromatic N) is 2. The molecule has 1 heterocycles. The summed E-state index contributed by atoms with van der Waals surface area (Å²) in [6.45, 7) is 12.3. The van der Waals surface area contributed by atoms with E-state index in [9.17, 15) is 9.90 Å². The Labute approximate surface area is 125 Å². The molecule has 1 rings (SSSR count). The molecule has 0 spiro atoms. The average Bonchev–Trinajstić information content (AvgIpc) is 2.25. The van der Waals surface area contributed by atoms with Crippen molar-refractivity contribution in [3.05, 3.63) is 17.1 Å². The Kier molecular flexibility index (Phi) is 5.57. The summed E-state index contributed by atoms with van der Waals surface area (Å²) in [6.07, 6.45) is 1.01. The minimum atomic E-state index is -0.948. The van der Waals surface area contributed by atoms with Crippen molar-refractivity contribution in [3.8, 4) is 0 Å². The van der Waals surface area contributed by atoms with Crippen LogP contribution in [0.1, 0.15) is 68.8 Å². The van der Waals surface area contributed by atoms with Crippen molar-refractivity contribution < 1.29 is 9.90 Å². The van der Waals surface area contributed by atoms with Crippen LogP contribution in [0.5, 0.6) is 0 Å². The largest absolute Gasteiger partial charge is 0.478 e. The third-order valence-corrected chi connectivity index (χ3v) is 3.87. The highest BCUT2D eigenvalue weighted by molar-refractivity contribution is 7.99. The summed E-state index contributed by atoms with van der Waals surface area (Å²) >= 11 is 1.52. The lowest BCUT2D eigenvalue weighted by atomic mass is 9.94. The average molecular weight is 296 g/mol. The van der Waals surface area contributed by atoms with E-state index < -0.39 is 5.97 Å². The van der Waals surface area contributed by atoms with Crippen molar-refractivity contribution in [2.45, 2.75) is 58.9 Å². The lowest BCUT2D eigenvalue weighted by molar-refractivity contribution is 0.0690. The number of carboxylic acid groups (broad SMARTS) is 1. The summed E-state index contributed by atoms with van der Waals surface area (Å²) in [6, 6.07) is 0. The van der Waals surface area contributed by atoms with Gasteiger partial charge in [0.15, 0.2) is 0 Å². The number of thioether (sulfide) groups is 1. The molecular formula is C15H24N2O2S. The minimum absolute atomic E-state index is 0.193. The molecule has 1 aromatic heterocycles. The molecule has 0 amide bonds. The van der Waals surface area contributed by atoms with Crippen LogP contribution in [-0.4, -0.2) is 26.8 Å². The van der Waals surface area contributed by atoms with Crippen LogP contribution in [0.15, 0.2) is 5.03 Å². The summed E-state index contributed by atoms with van der Waals surface area (Å²) in [5.74, 6) is 0.818. The van der Waals surface area contributed by atoms with Crippen molar-refractivity contribution in [1.29, 1.82) is 0 Å². The Bertz CT molecular complexity index is 493. The topological polar surface area (TPSA) is 63.1 Å². The SMILES string of the molecule is Cc1nc(C(C)C)nc(SCCC(C)(C)C)c1C(=O)O. The summed E-state index contributed by atoms with van der Waals surface area (Å²) in [5, 5.41) is 9.94. The zero-order valence-corrected chi connectivity index (χ0v) is 14.0. The highest BCUT2D eigenvalue weighted by Crippen LogP contribution is 2.29. The summed E-state index contributed by atoms with van der Waals surface area (Å²) in [7, 11) is 0. The van der Waals surface area contributed by atoms with Crippen molar-refractivity contribution in [1.82, 2.24) is 9.97 Å². The smallest absolute Gasteiger partial charge is 0.340 e. The highest BCUT2D eigenvalue weighted by Gasteiger charge is 2.20. The molecule has 4 nitrogen and oxygen atoms in total. The molecule has 5 heteroatoms. The maximum atomic E-state index is 11.4. The monoisotopic (exact) mass is 296 g/mol. The van der Waals surface area contributed by atoms with Gasteiger partial charge < -0.3 is 5.11 Å². The molecule has 112 valence electrons. The van der Waals surface area contributed by atoms with E-state index in [1.54, 1.807) is 6.92 Å². The van der Waals surface area contributed by atoms with E-state index in [0.29, 0.717) is 16.5 Å². The third-order valence-electron chi connectivity index (χ3n) is 2.90. The first-order chi connectivity index (χ1) is 9.11. The molecule has 20 heavy (non-hydrogen) atoms. The predicted octanol–water partition coefficient (Wildman–Crippen LogP) is 4.13. The molecule has 0 aliphatic heterocycles. The minimum Gasteiger partial charge on any atom is -0.478 e. The van der Waals surface area contributed by atoms with E-state index in [2.05, 4.69) is 30.7 Å². The van der Waals surface area contributed by atoms with Gasteiger partial charge in [0.2, 0.25) is 0 Å². The molecule has 0 saturated carbocycles. The Morgan fingerprint density at radius 2 is 1.90 bits per heavy atom. The van der Waals surface area contributed by atoms with Crippen molar-refractivity contribution >= 4 is 17.7 Å². The van der Waals surface area contributed by atoms with Gasteiger partial charge in [-0.1, -0.05) is 34.6 Å². The Hall–Kier alpha value is -1.10. The second-order valence-corrected chi connectivity index (χ2v) is 7.55. The van der Waals surface area contributed by atoms with E-state index in [1.807, 2.05) is 13.8 Å². The van der Waals surface area contributed by atoms with Crippen LogP contribution in [0.2, 0.25) is 0 Å². The van der Waals surface area contributed by atoms with Crippen molar-refractivity contribution in [2.75, 3.05) is 5.75 Å². The highest BCUT2D eigenvalue weighted by atomic mass is 32.2. The number of hydrogen-bond donors (Lipinski definition) is 1. The molecule has 0 bridgehead atoms. The summed E-state index contributed by atoms with van der Waals surface area (Å²) in [5.41, 5.74) is 1.03. The fraction of sp³-hybridized carbons (Fsp3) is 0.667. The molecule has 0 aliphatic rings. The molecular weight excluding hydrogens is 272 g/mol. The first-order valence-electron chi connectivity index (χ1n) is 6.86. The van der Waals surface area contributed by atoms with Crippen LogP contribution in [0.25, 0.3) is 0 Å². The molecule has 0 unspecified atom stereocenters. The molecule has 0 saturated heterocycles. The maximum absolute atomic E-state index is 11.4. The van der Waals surface area contributed by atoms with Gasteiger partial charge in [0.05, 0.1) is 5.69 Å². The molecule has 0 radical (unpaired) electrons. The van der Waals surface area contributed by atoms with Crippen LogP contribution >= 0.6 is 11.8 Å². The van der Waals surface area contributed by atoms with Gasteiger partial charge in [-0.2, -0.15) is 0 Å². The number of aromatic nitrogens is 2. The standard InChI is InChI=1S/C15H24N2O2S/c1-9(2)12-16-10(3)11(14(18)19)13(17-12)20-8-7-15(4,5)6/h9H,7-8H2,1-6H3,(H,18,19). The van der Waals surface area contributed by atoms with E-state index in [0.717, 1.165) is 12.2 Å². The van der Waals surface area contributed by atoms with Gasteiger partial charge in [-0.25, -0.2) is 14.8 Å². The number of aryl methyl sites for hydroxylation is 1. The molecule has 1 aromatic rings. The number of carboxylic acids is 1. The number of rotatable bonds is 5. The van der Waals surface area contributed by atoms with Crippen molar-refractivity contribution in [2.24, 2.45) is 5.41 Å². The van der Waals surface area contributed by atoms with Crippen LogP contribution in [-0.2, 0) is 0 Å². The molecule has 0 aliphatic carbocycles. The normalized spacial score (nSPS) is 11.9. The van der Waals surface area contributed by atoms with E-state index in [-0.39, 0.29) is 16.9 Å². The zero-order valence-electron chi connectivity index (χ0n) is 13.1. The van der Waals surface area contributed by atoms with E-state index >= 15 is 0 Å². The molecule has 0 fully saturated rings. The first kappa shape index (κ1) is 17.0. The van der Waals surface area contributed by atoms with Crippen LogP contribution in [0, 0.1) is 12.3 Å². The van der Waals surface area contributed by atoms with Crippen LogP contribution in [0.3, 0.4) is 0 Å². The second kappa shape index (κ2) is 6.57. The Morgan fingerprint density at radius 1 is 1.30 bits per heavy atom. The first-order valence-corrected chi connectivity index (χ1v) is 7.85. The summed E-state index contributed by atoms with van der Waals surface area (Å²) < 4.78 is 0. The fourth-order valence-electron chi connectivity index (χ4n) is 1.63. The van der Waals surface area contributed by atoms with Gasteiger partial charge in [0.1, 0.15) is 16.4 Å². The maximum Gasteiger partial charge on any atom is 0.340 e. The van der Waals surface area contributed by atoms with Gasteiger partial charge in [-0.15, -0.1) is 11.8 Å². The predicted molar refractivity (Wildman–Crippen MR) is 82.6 cm³/mol. The van der Waals surface area contributed by atoms with Gasteiger partial charge in [0, 0.05) is 11.7 Å². The lowest BCUT2D eigenvalue weighted by Crippen LogP contribution is -2.11. The quantitative estimate of drug-likeness (QED) is 0.653. The van der Waals surface area contributed by atoms with Gasteiger partial charge in [-0.3, -0.25) is 0 Å². The second-order valence-electron chi connectivity index (χ2n) is 6.47. The third kappa shape index (κ3) is 4.78. The van der Waals surface area contributed by atoms with Gasteiger partial charge in [0.25, 0.3) is 0 Å². The fourth-order valence-corrected chi connectivity index (χ4v) is 3.08. The Balaban J connectivity index is 3.04. The Morgan fingerprint density at radius 3 is 2.35 bits per heavy atom. The van der Waals surface area contributed by atoms with E-state index in [1.165, 1.54) is 11.8 Å². The van der Waals surface area contributed by atoms with Crippen LogP contribution in [0.4, 0.5) is 0 Å². The summed E-state index contributed by atoms with van der Waals surface area (Å²) in [4.78, 5) is 20.1. The van der Waals surface area contributed by atoms with E-state index in [4.69, 9.17) is 0 Å². The molecule has 1 N–H and O–H groups in total. The van der Waals surface area contributed by atoms with Gasteiger partial charge in [-0.05, 0) is 18.8 Å². The number of carbonyl (C=O) groups is 1. The number of hydrogen-bond acceptors (Lipinski definition) is 4. The zero-order chi connectivity index (χ0) is 15.5. The number of aromatic carboxylic acids is 1. The van der Waals surface area contributed by atoms with Crippen molar-refractivity contribution in [3.63, 3.8) is 0 Å². The lowest BCUT2D eigenvalue weighted by Gasteiger charge is -2.18. The van der Waals surface area contributed by atoms with Crippen LogP contribution < -0.4 is 0 Å². The molecule has 0 aromatic carbocycles.